The summed E-state index contributed by atoms with van der Waals surface area (Å²) in [6.45, 7) is 5.60. The Bertz CT molecular complexity index is 729. The second kappa shape index (κ2) is 10.1. The molecule has 0 aromatic heterocycles. The molecule has 0 heterocycles. The van der Waals surface area contributed by atoms with E-state index in [-0.39, 0.29) is 0 Å². The first kappa shape index (κ1) is 20.2. The van der Waals surface area contributed by atoms with Gasteiger partial charge in [-0.1, -0.05) is 42.5 Å². The predicted octanol–water partition coefficient (Wildman–Crippen LogP) is 6.94. The zero-order valence-electron chi connectivity index (χ0n) is 16.3. The van der Waals surface area contributed by atoms with Gasteiger partial charge in [-0.25, -0.2) is 0 Å². The van der Waals surface area contributed by atoms with Crippen molar-refractivity contribution < 1.29 is 9.47 Å². The number of ether oxygens (including phenoxy) is 2. The summed E-state index contributed by atoms with van der Waals surface area (Å²) in [6, 6.07) is 19.1. The number of halogens is 1. The summed E-state index contributed by atoms with van der Waals surface area (Å²) in [6.07, 6.45) is 5.01. The third kappa shape index (κ3) is 5.24. The molecule has 3 heteroatoms. The van der Waals surface area contributed by atoms with Gasteiger partial charge in [-0.15, -0.1) is 0 Å². The molecule has 1 fully saturated rings. The quantitative estimate of drug-likeness (QED) is 0.444. The van der Waals surface area contributed by atoms with Gasteiger partial charge in [0.25, 0.3) is 0 Å². The maximum atomic E-state index is 5.86. The van der Waals surface area contributed by atoms with Gasteiger partial charge in [0.1, 0.15) is 5.75 Å². The molecule has 0 saturated heterocycles. The van der Waals surface area contributed by atoms with Crippen molar-refractivity contribution in [1.82, 2.24) is 0 Å². The van der Waals surface area contributed by atoms with E-state index in [1.807, 2.05) is 6.92 Å². The predicted molar refractivity (Wildman–Crippen MR) is 117 cm³/mol. The van der Waals surface area contributed by atoms with Crippen molar-refractivity contribution in [1.29, 1.82) is 0 Å². The molecule has 0 N–H and O–H groups in total. The van der Waals surface area contributed by atoms with Gasteiger partial charge in [-0.3, -0.25) is 0 Å². The summed E-state index contributed by atoms with van der Waals surface area (Å²) in [7, 11) is 0. The minimum absolute atomic E-state index is 0.420. The molecule has 0 bridgehead atoms. The summed E-state index contributed by atoms with van der Waals surface area (Å²) in [5.41, 5.74) is 3.90. The van der Waals surface area contributed by atoms with Gasteiger partial charge in [0.15, 0.2) is 0 Å². The van der Waals surface area contributed by atoms with Crippen LogP contribution < -0.4 is 4.74 Å². The first-order valence-corrected chi connectivity index (χ1v) is 10.8. The van der Waals surface area contributed by atoms with Crippen molar-refractivity contribution in [3.8, 4) is 5.75 Å². The van der Waals surface area contributed by atoms with Crippen LogP contribution >= 0.6 is 15.9 Å². The molecule has 0 atom stereocenters. The number of rotatable bonds is 7. The van der Waals surface area contributed by atoms with Gasteiger partial charge in [0, 0.05) is 11.1 Å². The Kier molecular flexibility index (Phi) is 7.54. The Morgan fingerprint density at radius 1 is 0.852 bits per heavy atom. The third-order valence-electron chi connectivity index (χ3n) is 5.22. The van der Waals surface area contributed by atoms with Crippen molar-refractivity contribution >= 4 is 26.0 Å². The zero-order valence-corrected chi connectivity index (χ0v) is 17.9. The Hall–Kier alpha value is -1.58. The molecule has 0 amide bonds. The Labute approximate surface area is 171 Å². The second-order valence-corrected chi connectivity index (χ2v) is 7.77. The van der Waals surface area contributed by atoms with Crippen LogP contribution in [-0.2, 0) is 4.74 Å². The fourth-order valence-electron chi connectivity index (χ4n) is 3.93. The number of hydrogen-bond acceptors (Lipinski definition) is 2. The minimum Gasteiger partial charge on any atom is -0.494 e. The fraction of sp³-hybridized carbons (Fsp3) is 0.417. The van der Waals surface area contributed by atoms with Crippen LogP contribution in [0.4, 0.5) is 0 Å². The van der Waals surface area contributed by atoms with E-state index in [1.54, 1.807) is 0 Å². The Morgan fingerprint density at radius 3 is 2.11 bits per heavy atom. The van der Waals surface area contributed by atoms with Gasteiger partial charge in [0.05, 0.1) is 12.7 Å². The summed E-state index contributed by atoms with van der Waals surface area (Å²) in [5.74, 6) is 1.46. The van der Waals surface area contributed by atoms with Gasteiger partial charge in [-0.05, 0) is 90.2 Å². The summed E-state index contributed by atoms with van der Waals surface area (Å²) in [5, 5.41) is 0. The topological polar surface area (TPSA) is 18.5 Å². The van der Waals surface area contributed by atoms with Crippen molar-refractivity contribution in [2.45, 2.75) is 45.6 Å². The van der Waals surface area contributed by atoms with E-state index >= 15 is 0 Å². The van der Waals surface area contributed by atoms with Gasteiger partial charge in [-0.2, -0.15) is 0 Å². The van der Waals surface area contributed by atoms with Crippen molar-refractivity contribution in [3.05, 3.63) is 65.7 Å². The lowest BCUT2D eigenvalue weighted by atomic mass is 9.79. The molecule has 3 rings (SSSR count). The molecule has 1 saturated carbocycles. The van der Waals surface area contributed by atoms with Crippen LogP contribution in [0.15, 0.2) is 54.6 Å². The van der Waals surface area contributed by atoms with Crippen molar-refractivity contribution in [2.24, 2.45) is 5.92 Å². The average Bonchev–Trinajstić information content (AvgIpc) is 2.72. The SMILES string of the molecule is CCOc1ccc(/C(=C(\Br)c2ccccc2)C2CCC(OCC)CC2)cc1. The first-order valence-electron chi connectivity index (χ1n) is 10.0. The van der Waals surface area contributed by atoms with E-state index in [0.29, 0.717) is 18.6 Å². The average molecular weight is 429 g/mol. The molecular weight excluding hydrogens is 400 g/mol. The Morgan fingerprint density at radius 2 is 1.52 bits per heavy atom. The minimum atomic E-state index is 0.420. The summed E-state index contributed by atoms with van der Waals surface area (Å²) >= 11 is 3.94. The molecule has 0 radical (unpaired) electrons. The second-order valence-electron chi connectivity index (χ2n) is 6.98. The van der Waals surface area contributed by atoms with Gasteiger partial charge >= 0.3 is 0 Å². The molecule has 1 aliphatic rings. The zero-order chi connectivity index (χ0) is 19.1. The van der Waals surface area contributed by atoms with Crippen LogP contribution in [0.1, 0.15) is 50.7 Å². The number of benzene rings is 2. The third-order valence-corrected chi connectivity index (χ3v) is 6.11. The van der Waals surface area contributed by atoms with E-state index in [0.717, 1.165) is 38.0 Å². The van der Waals surface area contributed by atoms with Gasteiger partial charge in [0.2, 0.25) is 0 Å². The van der Waals surface area contributed by atoms with Crippen LogP contribution in [-0.4, -0.2) is 19.3 Å². The number of allylic oxidation sites excluding steroid dienone is 1. The summed E-state index contributed by atoms with van der Waals surface area (Å²) in [4.78, 5) is 0. The van der Waals surface area contributed by atoms with Crippen LogP contribution in [0.25, 0.3) is 10.1 Å². The standard InChI is InChI=1S/C24H29BrO2/c1-3-26-21-14-10-18(11-15-21)23(24(25)20-8-6-5-7-9-20)19-12-16-22(17-13-19)27-4-2/h5-11,14-15,19,22H,3-4,12-13,16-17H2,1-2H3/b24-23+. The van der Waals surface area contributed by atoms with Crippen LogP contribution in [0.3, 0.4) is 0 Å². The molecule has 2 aromatic rings. The van der Waals surface area contributed by atoms with E-state index < -0.39 is 0 Å². The maximum Gasteiger partial charge on any atom is 0.119 e. The maximum absolute atomic E-state index is 5.86. The molecular formula is C24H29BrO2. The monoisotopic (exact) mass is 428 g/mol. The Balaban J connectivity index is 1.92. The lowest BCUT2D eigenvalue weighted by molar-refractivity contribution is 0.0311. The molecule has 0 aliphatic heterocycles. The molecule has 2 aromatic carbocycles. The highest BCUT2D eigenvalue weighted by atomic mass is 79.9. The van der Waals surface area contributed by atoms with Crippen molar-refractivity contribution in [3.63, 3.8) is 0 Å². The fourth-order valence-corrected chi connectivity index (χ4v) is 4.75. The van der Waals surface area contributed by atoms with E-state index in [2.05, 4.69) is 77.5 Å². The largest absolute Gasteiger partial charge is 0.494 e. The highest BCUT2D eigenvalue weighted by Gasteiger charge is 2.27. The van der Waals surface area contributed by atoms with Crippen LogP contribution in [0, 0.1) is 5.92 Å². The smallest absolute Gasteiger partial charge is 0.119 e. The first-order chi connectivity index (χ1) is 13.2. The highest BCUT2D eigenvalue weighted by molar-refractivity contribution is 9.15. The lowest BCUT2D eigenvalue weighted by Crippen LogP contribution is -2.22. The molecule has 2 nitrogen and oxygen atoms in total. The summed E-state index contributed by atoms with van der Waals surface area (Å²) < 4.78 is 12.7. The number of hydrogen-bond donors (Lipinski definition) is 0. The van der Waals surface area contributed by atoms with Gasteiger partial charge < -0.3 is 9.47 Å². The lowest BCUT2D eigenvalue weighted by Gasteiger charge is -2.31. The molecule has 0 spiro atoms. The van der Waals surface area contributed by atoms with Crippen LogP contribution in [0.5, 0.6) is 5.75 Å². The normalized spacial score (nSPS) is 20.9. The van der Waals surface area contributed by atoms with Crippen LogP contribution in [0.2, 0.25) is 0 Å². The van der Waals surface area contributed by atoms with E-state index in [1.165, 1.54) is 21.2 Å². The molecule has 27 heavy (non-hydrogen) atoms. The molecule has 0 unspecified atom stereocenters. The highest BCUT2D eigenvalue weighted by Crippen LogP contribution is 2.43. The van der Waals surface area contributed by atoms with E-state index in [9.17, 15) is 0 Å². The molecule has 144 valence electrons. The molecule has 1 aliphatic carbocycles. The van der Waals surface area contributed by atoms with E-state index in [4.69, 9.17) is 9.47 Å². The van der Waals surface area contributed by atoms with Crippen molar-refractivity contribution in [2.75, 3.05) is 13.2 Å².